The second-order valence-electron chi connectivity index (χ2n) is 6.00. The van der Waals surface area contributed by atoms with Gasteiger partial charge in [0.2, 0.25) is 5.91 Å². The fourth-order valence-electron chi connectivity index (χ4n) is 2.98. The largest absolute Gasteiger partial charge is 0.384 e. The van der Waals surface area contributed by atoms with Gasteiger partial charge >= 0.3 is 0 Å². The van der Waals surface area contributed by atoms with Gasteiger partial charge in [-0.2, -0.15) is 14.6 Å². The SMILES string of the molecule is CCc1cc(NC2CCN(C(=O)CCOC)CC2)n2ncnc2n1. The highest BCUT2D eigenvalue weighted by molar-refractivity contribution is 5.76. The second kappa shape index (κ2) is 7.57. The molecule has 130 valence electrons. The molecule has 0 aliphatic carbocycles. The molecule has 0 atom stereocenters. The zero-order chi connectivity index (χ0) is 16.9. The molecule has 2 aromatic rings. The molecule has 0 bridgehead atoms. The lowest BCUT2D eigenvalue weighted by Crippen LogP contribution is -2.42. The minimum absolute atomic E-state index is 0.172. The molecule has 0 unspecified atom stereocenters. The number of nitrogens with zero attached hydrogens (tertiary/aromatic N) is 5. The van der Waals surface area contributed by atoms with Crippen molar-refractivity contribution in [3.8, 4) is 0 Å². The van der Waals surface area contributed by atoms with Crippen molar-refractivity contribution in [1.29, 1.82) is 0 Å². The van der Waals surface area contributed by atoms with Gasteiger partial charge < -0.3 is 15.0 Å². The van der Waals surface area contributed by atoms with Crippen LogP contribution < -0.4 is 5.32 Å². The summed E-state index contributed by atoms with van der Waals surface area (Å²) in [5.41, 5.74) is 0.991. The van der Waals surface area contributed by atoms with Gasteiger partial charge in [0.25, 0.3) is 5.78 Å². The van der Waals surface area contributed by atoms with Gasteiger partial charge in [0, 0.05) is 38.0 Å². The highest BCUT2D eigenvalue weighted by atomic mass is 16.5. The van der Waals surface area contributed by atoms with E-state index in [0.29, 0.717) is 24.8 Å². The third kappa shape index (κ3) is 3.64. The van der Waals surface area contributed by atoms with Crippen LogP contribution in [-0.2, 0) is 16.0 Å². The van der Waals surface area contributed by atoms with Gasteiger partial charge in [-0.1, -0.05) is 6.92 Å². The Labute approximate surface area is 141 Å². The number of methoxy groups -OCH3 is 1. The maximum absolute atomic E-state index is 12.0. The Morgan fingerprint density at radius 3 is 2.92 bits per heavy atom. The quantitative estimate of drug-likeness (QED) is 0.853. The van der Waals surface area contributed by atoms with E-state index in [-0.39, 0.29) is 5.91 Å². The molecule has 2 aromatic heterocycles. The zero-order valence-electron chi connectivity index (χ0n) is 14.2. The molecule has 3 rings (SSSR count). The van der Waals surface area contributed by atoms with E-state index in [9.17, 15) is 4.79 Å². The zero-order valence-corrected chi connectivity index (χ0v) is 14.2. The number of rotatable bonds is 6. The van der Waals surface area contributed by atoms with Crippen LogP contribution in [-0.4, -0.2) is 63.2 Å². The van der Waals surface area contributed by atoms with Crippen molar-refractivity contribution < 1.29 is 9.53 Å². The van der Waals surface area contributed by atoms with Crippen LogP contribution in [0.4, 0.5) is 5.82 Å². The number of hydrogen-bond acceptors (Lipinski definition) is 6. The average molecular weight is 332 g/mol. The predicted molar refractivity (Wildman–Crippen MR) is 89.9 cm³/mol. The first-order chi connectivity index (χ1) is 11.7. The van der Waals surface area contributed by atoms with Crippen molar-refractivity contribution >= 4 is 17.5 Å². The van der Waals surface area contributed by atoms with E-state index in [1.165, 1.54) is 6.33 Å². The maximum atomic E-state index is 12.0. The van der Waals surface area contributed by atoms with Crippen LogP contribution in [0.25, 0.3) is 5.78 Å². The summed E-state index contributed by atoms with van der Waals surface area (Å²) in [5, 5.41) is 7.78. The van der Waals surface area contributed by atoms with Crippen molar-refractivity contribution in [3.05, 3.63) is 18.1 Å². The fraction of sp³-hybridized carbons (Fsp3) is 0.625. The van der Waals surface area contributed by atoms with E-state index in [2.05, 4.69) is 27.3 Å². The number of aromatic nitrogens is 4. The van der Waals surface area contributed by atoms with Gasteiger partial charge in [-0.05, 0) is 19.3 Å². The van der Waals surface area contributed by atoms with Gasteiger partial charge in [-0.25, -0.2) is 4.98 Å². The lowest BCUT2D eigenvalue weighted by Gasteiger charge is -2.33. The van der Waals surface area contributed by atoms with Crippen LogP contribution in [0.1, 0.15) is 31.9 Å². The Kier molecular flexibility index (Phi) is 5.24. The highest BCUT2D eigenvalue weighted by Gasteiger charge is 2.23. The lowest BCUT2D eigenvalue weighted by atomic mass is 10.0. The molecule has 1 aliphatic rings. The monoisotopic (exact) mass is 332 g/mol. The van der Waals surface area contributed by atoms with E-state index in [1.54, 1.807) is 11.6 Å². The lowest BCUT2D eigenvalue weighted by molar-refractivity contribution is -0.133. The average Bonchev–Trinajstić information content (AvgIpc) is 3.09. The topological polar surface area (TPSA) is 84.7 Å². The molecule has 0 spiro atoms. The second-order valence-corrected chi connectivity index (χ2v) is 6.00. The Morgan fingerprint density at radius 1 is 1.42 bits per heavy atom. The number of anilines is 1. The molecular weight excluding hydrogens is 308 g/mol. The van der Waals surface area contributed by atoms with Crippen LogP contribution in [0.15, 0.2) is 12.4 Å². The fourth-order valence-corrected chi connectivity index (χ4v) is 2.98. The molecule has 24 heavy (non-hydrogen) atoms. The summed E-state index contributed by atoms with van der Waals surface area (Å²) in [6, 6.07) is 2.34. The van der Waals surface area contributed by atoms with Crippen LogP contribution in [0.2, 0.25) is 0 Å². The summed E-state index contributed by atoms with van der Waals surface area (Å²) in [4.78, 5) is 22.6. The van der Waals surface area contributed by atoms with E-state index < -0.39 is 0 Å². The molecular formula is C16H24N6O2. The van der Waals surface area contributed by atoms with Gasteiger partial charge in [0.15, 0.2) is 0 Å². The number of likely N-dealkylation sites (tertiary alicyclic amines) is 1. The summed E-state index contributed by atoms with van der Waals surface area (Å²) in [6.45, 7) is 4.10. The summed E-state index contributed by atoms with van der Waals surface area (Å²) in [6.07, 6.45) is 4.66. The van der Waals surface area contributed by atoms with Crippen molar-refractivity contribution in [2.24, 2.45) is 0 Å². The number of amides is 1. The van der Waals surface area contributed by atoms with E-state index in [0.717, 1.165) is 43.9 Å². The molecule has 1 saturated heterocycles. The third-order valence-corrected chi connectivity index (χ3v) is 4.39. The van der Waals surface area contributed by atoms with Crippen LogP contribution >= 0.6 is 0 Å². The summed E-state index contributed by atoms with van der Waals surface area (Å²) in [7, 11) is 1.62. The minimum Gasteiger partial charge on any atom is -0.384 e. The van der Waals surface area contributed by atoms with Gasteiger partial charge in [0.1, 0.15) is 12.1 Å². The first-order valence-corrected chi connectivity index (χ1v) is 8.44. The number of fused-ring (bicyclic) bond motifs is 1. The number of hydrogen-bond donors (Lipinski definition) is 1. The summed E-state index contributed by atoms with van der Waals surface area (Å²) < 4.78 is 6.71. The van der Waals surface area contributed by atoms with Crippen LogP contribution in [0.5, 0.6) is 0 Å². The van der Waals surface area contributed by atoms with E-state index in [4.69, 9.17) is 4.74 Å². The van der Waals surface area contributed by atoms with Crippen LogP contribution in [0, 0.1) is 0 Å². The van der Waals surface area contributed by atoms with Gasteiger partial charge in [-0.15, -0.1) is 0 Å². The summed E-state index contributed by atoms with van der Waals surface area (Å²) in [5.74, 6) is 1.70. The summed E-state index contributed by atoms with van der Waals surface area (Å²) >= 11 is 0. The Balaban J connectivity index is 1.62. The first kappa shape index (κ1) is 16.6. The number of piperidine rings is 1. The molecule has 8 nitrogen and oxygen atoms in total. The van der Waals surface area contributed by atoms with Crippen molar-refractivity contribution in [2.75, 3.05) is 32.1 Å². The molecule has 1 N–H and O–H groups in total. The standard InChI is InChI=1S/C16H24N6O2/c1-3-12-10-14(22-16(20-12)17-11-18-22)19-13-4-7-21(8-5-13)15(23)6-9-24-2/h10-11,13,19H,3-9H2,1-2H3. The van der Waals surface area contributed by atoms with Crippen molar-refractivity contribution in [3.63, 3.8) is 0 Å². The number of aryl methyl sites for hydroxylation is 1. The normalized spacial score (nSPS) is 15.8. The molecule has 0 radical (unpaired) electrons. The van der Waals surface area contributed by atoms with E-state index in [1.807, 2.05) is 11.0 Å². The van der Waals surface area contributed by atoms with Crippen molar-refractivity contribution in [2.45, 2.75) is 38.6 Å². The molecule has 1 aliphatic heterocycles. The molecule has 1 amide bonds. The Morgan fingerprint density at radius 2 is 2.21 bits per heavy atom. The number of nitrogens with one attached hydrogen (secondary N) is 1. The molecule has 0 aromatic carbocycles. The Bertz CT molecular complexity index is 693. The number of carbonyl (C=O) groups excluding carboxylic acids is 1. The molecule has 0 saturated carbocycles. The van der Waals surface area contributed by atoms with Gasteiger partial charge in [0.05, 0.1) is 13.0 Å². The molecule has 8 heteroatoms. The molecule has 1 fully saturated rings. The number of ether oxygens (including phenoxy) is 1. The maximum Gasteiger partial charge on any atom is 0.254 e. The Hall–Kier alpha value is -2.22. The smallest absolute Gasteiger partial charge is 0.254 e. The van der Waals surface area contributed by atoms with Crippen LogP contribution in [0.3, 0.4) is 0 Å². The number of carbonyl (C=O) groups is 1. The first-order valence-electron chi connectivity index (χ1n) is 8.44. The predicted octanol–water partition coefficient (Wildman–Crippen LogP) is 1.13. The van der Waals surface area contributed by atoms with Gasteiger partial charge in [-0.3, -0.25) is 4.79 Å². The third-order valence-electron chi connectivity index (χ3n) is 4.39. The van der Waals surface area contributed by atoms with E-state index >= 15 is 0 Å². The van der Waals surface area contributed by atoms with Crippen molar-refractivity contribution in [1.82, 2.24) is 24.5 Å². The highest BCUT2D eigenvalue weighted by Crippen LogP contribution is 2.18. The molecule has 3 heterocycles. The minimum atomic E-state index is 0.172.